The number of aromatic nitrogens is 2. The molecule has 0 saturated heterocycles. The average Bonchev–Trinajstić information content (AvgIpc) is 3.02. The van der Waals surface area contributed by atoms with Gasteiger partial charge in [-0.05, 0) is 36.4 Å². The zero-order chi connectivity index (χ0) is 19.4. The summed E-state index contributed by atoms with van der Waals surface area (Å²) in [5, 5.41) is 18.3. The number of nitriles is 2. The van der Waals surface area contributed by atoms with Crippen LogP contribution < -0.4 is 4.90 Å². The van der Waals surface area contributed by atoms with Crippen LogP contribution in [0.4, 0.5) is 5.69 Å². The number of hydrogen-bond donors (Lipinski definition) is 0. The molecule has 3 rings (SSSR count). The number of hydrogen-bond acceptors (Lipinski definition) is 4. The first-order valence-electron chi connectivity index (χ1n) is 8.30. The van der Waals surface area contributed by atoms with E-state index in [1.165, 1.54) is 0 Å². The fourth-order valence-electron chi connectivity index (χ4n) is 2.65. The maximum Gasteiger partial charge on any atom is 0.177 e. The van der Waals surface area contributed by atoms with E-state index < -0.39 is 0 Å². The molecule has 27 heavy (non-hydrogen) atoms. The number of rotatable bonds is 2. The summed E-state index contributed by atoms with van der Waals surface area (Å²) < 4.78 is 1.63. The quantitative estimate of drug-likeness (QED) is 0.664. The van der Waals surface area contributed by atoms with E-state index in [2.05, 4.69) is 16.8 Å². The molecule has 0 saturated carbocycles. The van der Waals surface area contributed by atoms with Crippen molar-refractivity contribution in [1.29, 1.82) is 10.5 Å². The molecule has 1 aromatic heterocycles. The molecule has 130 valence electrons. The maximum absolute atomic E-state index is 9.18. The fourth-order valence-corrected chi connectivity index (χ4v) is 2.65. The van der Waals surface area contributed by atoms with Gasteiger partial charge in [0, 0.05) is 43.5 Å². The summed E-state index contributed by atoms with van der Waals surface area (Å²) in [5.74, 6) is 6.89. The first-order valence-corrected chi connectivity index (χ1v) is 8.30. The summed E-state index contributed by atoms with van der Waals surface area (Å²) in [7, 11) is 5.73. The monoisotopic (exact) mass is 351 g/mol. The van der Waals surface area contributed by atoms with Crippen molar-refractivity contribution in [3.63, 3.8) is 0 Å². The van der Waals surface area contributed by atoms with Crippen LogP contribution in [0.2, 0.25) is 0 Å². The van der Waals surface area contributed by atoms with Crippen LogP contribution in [0.15, 0.2) is 48.5 Å². The van der Waals surface area contributed by atoms with E-state index in [-0.39, 0.29) is 11.4 Å². The number of nitrogens with zero attached hydrogens (tertiary/aromatic N) is 5. The van der Waals surface area contributed by atoms with E-state index in [0.29, 0.717) is 5.82 Å². The lowest BCUT2D eigenvalue weighted by Gasteiger charge is -2.11. The Hall–Kier alpha value is -4.01. The lowest BCUT2D eigenvalue weighted by atomic mass is 10.1. The van der Waals surface area contributed by atoms with Gasteiger partial charge < -0.3 is 9.47 Å². The molecule has 5 heteroatoms. The Morgan fingerprint density at radius 1 is 0.852 bits per heavy atom. The van der Waals surface area contributed by atoms with Crippen molar-refractivity contribution in [3.8, 4) is 35.4 Å². The topological polar surface area (TPSA) is 68.6 Å². The van der Waals surface area contributed by atoms with Crippen molar-refractivity contribution in [2.45, 2.75) is 0 Å². The van der Waals surface area contributed by atoms with Gasteiger partial charge >= 0.3 is 0 Å². The first-order chi connectivity index (χ1) is 13.0. The van der Waals surface area contributed by atoms with Crippen LogP contribution in [0.1, 0.15) is 22.5 Å². The summed E-state index contributed by atoms with van der Waals surface area (Å²) >= 11 is 0. The summed E-state index contributed by atoms with van der Waals surface area (Å²) in [4.78, 5) is 6.30. The molecule has 0 spiro atoms. The van der Waals surface area contributed by atoms with Gasteiger partial charge in [-0.25, -0.2) is 4.98 Å². The van der Waals surface area contributed by atoms with Crippen molar-refractivity contribution in [2.75, 3.05) is 19.0 Å². The Balaban J connectivity index is 1.84. The van der Waals surface area contributed by atoms with Crippen molar-refractivity contribution in [1.82, 2.24) is 9.55 Å². The molecule has 0 fully saturated rings. The highest BCUT2D eigenvalue weighted by molar-refractivity contribution is 5.61. The smallest absolute Gasteiger partial charge is 0.177 e. The zero-order valence-corrected chi connectivity index (χ0v) is 15.4. The number of anilines is 1. The van der Waals surface area contributed by atoms with Crippen LogP contribution in [0.25, 0.3) is 11.4 Å². The molecule has 0 unspecified atom stereocenters. The molecular formula is C22H17N5. The summed E-state index contributed by atoms with van der Waals surface area (Å²) in [6.45, 7) is 0. The Morgan fingerprint density at radius 3 is 1.85 bits per heavy atom. The van der Waals surface area contributed by atoms with Gasteiger partial charge in [-0.3, -0.25) is 0 Å². The second-order valence-corrected chi connectivity index (χ2v) is 6.18. The van der Waals surface area contributed by atoms with Gasteiger partial charge in [-0.2, -0.15) is 10.5 Å². The molecule has 1 heterocycles. The molecule has 3 aromatic rings. The van der Waals surface area contributed by atoms with Gasteiger partial charge in [-0.15, -0.1) is 0 Å². The minimum atomic E-state index is 0.139. The standard InChI is InChI=1S/C22H17N5/c1-26(2)19-12-8-17(9-13-19)5-4-16-6-10-18(11-7-16)22-25-20(14-23)21(15-24)27(22)3/h6-13H,1-3H3. The first kappa shape index (κ1) is 17.8. The Morgan fingerprint density at radius 2 is 1.41 bits per heavy atom. The predicted molar refractivity (Wildman–Crippen MR) is 105 cm³/mol. The van der Waals surface area contributed by atoms with E-state index in [4.69, 9.17) is 5.26 Å². The fraction of sp³-hybridized carbons (Fsp3) is 0.136. The second-order valence-electron chi connectivity index (χ2n) is 6.18. The number of imidazole rings is 1. The molecule has 2 aromatic carbocycles. The predicted octanol–water partition coefficient (Wildman–Crippen LogP) is 3.30. The van der Waals surface area contributed by atoms with E-state index in [0.717, 1.165) is 22.4 Å². The van der Waals surface area contributed by atoms with Gasteiger partial charge in [0.15, 0.2) is 11.4 Å². The molecule has 0 aliphatic rings. The van der Waals surface area contributed by atoms with Crippen LogP contribution in [-0.2, 0) is 7.05 Å². The second kappa shape index (κ2) is 7.48. The van der Waals surface area contributed by atoms with Gasteiger partial charge in [0.25, 0.3) is 0 Å². The highest BCUT2D eigenvalue weighted by Crippen LogP contribution is 2.21. The molecule has 0 aliphatic heterocycles. The van der Waals surface area contributed by atoms with Crippen LogP contribution >= 0.6 is 0 Å². The van der Waals surface area contributed by atoms with E-state index in [1.54, 1.807) is 11.6 Å². The molecule has 0 aliphatic carbocycles. The third-order valence-electron chi connectivity index (χ3n) is 4.18. The minimum absolute atomic E-state index is 0.139. The van der Waals surface area contributed by atoms with Crippen LogP contribution in [0.5, 0.6) is 0 Å². The molecule has 5 nitrogen and oxygen atoms in total. The summed E-state index contributed by atoms with van der Waals surface area (Å²) in [6, 6.07) is 19.6. The van der Waals surface area contributed by atoms with E-state index in [1.807, 2.05) is 79.7 Å². The van der Waals surface area contributed by atoms with Crippen molar-refractivity contribution >= 4 is 5.69 Å². The molecule has 0 bridgehead atoms. The minimum Gasteiger partial charge on any atom is -0.378 e. The summed E-state index contributed by atoms with van der Waals surface area (Å²) in [6.07, 6.45) is 0. The third-order valence-corrected chi connectivity index (χ3v) is 4.18. The van der Waals surface area contributed by atoms with E-state index in [9.17, 15) is 5.26 Å². The highest BCUT2D eigenvalue weighted by atomic mass is 15.1. The molecule has 0 atom stereocenters. The lowest BCUT2D eigenvalue weighted by molar-refractivity contribution is 0.907. The van der Waals surface area contributed by atoms with Crippen LogP contribution in [-0.4, -0.2) is 23.6 Å². The zero-order valence-electron chi connectivity index (χ0n) is 15.4. The summed E-state index contributed by atoms with van der Waals surface area (Å²) in [5.41, 5.74) is 4.19. The van der Waals surface area contributed by atoms with Crippen LogP contribution in [0, 0.1) is 34.5 Å². The largest absolute Gasteiger partial charge is 0.378 e. The molecule has 0 N–H and O–H groups in total. The number of benzene rings is 2. The highest BCUT2D eigenvalue weighted by Gasteiger charge is 2.15. The van der Waals surface area contributed by atoms with Crippen molar-refractivity contribution in [3.05, 3.63) is 71.0 Å². The van der Waals surface area contributed by atoms with Crippen molar-refractivity contribution < 1.29 is 0 Å². The van der Waals surface area contributed by atoms with Crippen LogP contribution in [0.3, 0.4) is 0 Å². The van der Waals surface area contributed by atoms with E-state index >= 15 is 0 Å². The van der Waals surface area contributed by atoms with Gasteiger partial charge in [-0.1, -0.05) is 24.0 Å². The molecule has 0 amide bonds. The molecule has 0 radical (unpaired) electrons. The SMILES string of the molecule is CN(C)c1ccc(C#Cc2ccc(-c3nc(C#N)c(C#N)n3C)cc2)cc1. The normalized spacial score (nSPS) is 9.67. The molecular weight excluding hydrogens is 334 g/mol. The van der Waals surface area contributed by atoms with Gasteiger partial charge in [0.2, 0.25) is 0 Å². The third kappa shape index (κ3) is 3.66. The van der Waals surface area contributed by atoms with Gasteiger partial charge in [0.05, 0.1) is 0 Å². The maximum atomic E-state index is 9.18. The lowest BCUT2D eigenvalue weighted by Crippen LogP contribution is -2.07. The Bertz CT molecular complexity index is 1110. The van der Waals surface area contributed by atoms with Gasteiger partial charge in [0.1, 0.15) is 18.0 Å². The van der Waals surface area contributed by atoms with Crippen molar-refractivity contribution in [2.24, 2.45) is 7.05 Å². The average molecular weight is 351 g/mol. The Labute approximate surface area is 158 Å². The Kier molecular flexibility index (Phi) is 4.93.